The van der Waals surface area contributed by atoms with Crippen LogP contribution >= 0.6 is 0 Å². The van der Waals surface area contributed by atoms with Crippen molar-refractivity contribution < 1.29 is 50.8 Å². The number of ether oxygens (including phenoxy) is 1. The summed E-state index contributed by atoms with van der Waals surface area (Å²) in [5, 5.41) is 42.3. The van der Waals surface area contributed by atoms with Gasteiger partial charge in [0.25, 0.3) is 20.2 Å². The number of aromatic carboxylic acids is 1. The lowest BCUT2D eigenvalue weighted by molar-refractivity contribution is 0.0690. The Hall–Kier alpha value is -4.58. The Morgan fingerprint density at radius 3 is 2.26 bits per heavy atom. The second-order valence-corrected chi connectivity index (χ2v) is 10.8. The third kappa shape index (κ3) is 5.23. The fourth-order valence-electron chi connectivity index (χ4n) is 3.69. The average Bonchev–Trinajstić information content (AvgIpc) is 3.17. The third-order valence-corrected chi connectivity index (χ3v) is 7.31. The number of aryl methyl sites for hydroxylation is 1. The summed E-state index contributed by atoms with van der Waals surface area (Å²) < 4.78 is 70.7. The molecule has 0 bridgehead atoms. The SMILES string of the molecule is COc1cc(S(=O)(=O)O)c(C)cc1/N=N/c1c(C(=O)O)nn(-c2ccc3c(O)cc(S(=O)(=O)O)cc3c2)c1O. The second-order valence-electron chi connectivity index (χ2n) is 8.03. The van der Waals surface area contributed by atoms with E-state index >= 15 is 0 Å². The summed E-state index contributed by atoms with van der Waals surface area (Å²) >= 11 is 0. The number of rotatable bonds is 7. The van der Waals surface area contributed by atoms with Crippen LogP contribution in [-0.2, 0) is 20.2 Å². The molecular formula is C22H18N4O11S2. The van der Waals surface area contributed by atoms with E-state index in [4.69, 9.17) is 4.74 Å². The first-order valence-corrected chi connectivity index (χ1v) is 13.4. The molecule has 3 aromatic carbocycles. The second kappa shape index (κ2) is 9.62. The number of nitrogens with zero attached hydrogens (tertiary/aromatic N) is 4. The molecule has 5 N–H and O–H groups in total. The van der Waals surface area contributed by atoms with Crippen LogP contribution < -0.4 is 4.74 Å². The van der Waals surface area contributed by atoms with Crippen molar-refractivity contribution >= 4 is 48.4 Å². The first-order chi connectivity index (χ1) is 18.1. The number of aromatic nitrogens is 2. The summed E-state index contributed by atoms with van der Waals surface area (Å²) in [6, 6.07) is 8.06. The number of methoxy groups -OCH3 is 1. The van der Waals surface area contributed by atoms with Crippen molar-refractivity contribution in [3.05, 3.63) is 53.7 Å². The van der Waals surface area contributed by atoms with Gasteiger partial charge in [-0.25, -0.2) is 4.79 Å². The minimum Gasteiger partial charge on any atom is -0.507 e. The lowest BCUT2D eigenvalue weighted by atomic mass is 10.1. The smallest absolute Gasteiger partial charge is 0.358 e. The van der Waals surface area contributed by atoms with E-state index in [1.54, 1.807) is 0 Å². The highest BCUT2D eigenvalue weighted by Gasteiger charge is 2.25. The first kappa shape index (κ1) is 27.5. The maximum absolute atomic E-state index is 11.8. The zero-order chi connectivity index (χ0) is 28.9. The average molecular weight is 579 g/mol. The molecule has 0 unspecified atom stereocenters. The molecule has 0 spiro atoms. The molecule has 0 fully saturated rings. The van der Waals surface area contributed by atoms with E-state index in [0.717, 1.165) is 22.9 Å². The van der Waals surface area contributed by atoms with Crippen LogP contribution in [0.4, 0.5) is 11.4 Å². The molecule has 0 atom stereocenters. The van der Waals surface area contributed by atoms with Gasteiger partial charge >= 0.3 is 5.97 Å². The molecular weight excluding hydrogens is 560 g/mol. The van der Waals surface area contributed by atoms with Crippen molar-refractivity contribution in [2.45, 2.75) is 16.7 Å². The predicted molar refractivity (Wildman–Crippen MR) is 133 cm³/mol. The monoisotopic (exact) mass is 578 g/mol. The van der Waals surface area contributed by atoms with E-state index in [2.05, 4.69) is 15.3 Å². The molecule has 0 aliphatic rings. The highest BCUT2D eigenvalue weighted by atomic mass is 32.2. The molecule has 15 nitrogen and oxygen atoms in total. The quantitative estimate of drug-likeness (QED) is 0.157. The van der Waals surface area contributed by atoms with Gasteiger partial charge in [0.15, 0.2) is 5.69 Å². The van der Waals surface area contributed by atoms with Crippen LogP contribution in [-0.4, -0.2) is 64.1 Å². The van der Waals surface area contributed by atoms with Crippen molar-refractivity contribution in [1.29, 1.82) is 0 Å². The predicted octanol–water partition coefficient (Wildman–Crippen LogP) is 3.36. The molecule has 4 rings (SSSR count). The fraction of sp³-hybridized carbons (Fsp3) is 0.0909. The van der Waals surface area contributed by atoms with Crippen molar-refractivity contribution in [2.75, 3.05) is 7.11 Å². The minimum atomic E-state index is -4.66. The number of hydrogen-bond donors (Lipinski definition) is 5. The number of phenolic OH excluding ortho intramolecular Hbond substituents is 1. The largest absolute Gasteiger partial charge is 0.507 e. The van der Waals surface area contributed by atoms with Gasteiger partial charge in [-0.2, -0.15) is 26.6 Å². The van der Waals surface area contributed by atoms with Gasteiger partial charge in [0.1, 0.15) is 22.1 Å². The zero-order valence-electron chi connectivity index (χ0n) is 19.8. The number of benzene rings is 3. The van der Waals surface area contributed by atoms with Gasteiger partial charge in [-0.05, 0) is 48.2 Å². The van der Waals surface area contributed by atoms with Crippen LogP contribution in [0.5, 0.6) is 17.4 Å². The fourth-order valence-corrected chi connectivity index (χ4v) is 4.94. The van der Waals surface area contributed by atoms with E-state index in [0.29, 0.717) is 0 Å². The summed E-state index contributed by atoms with van der Waals surface area (Å²) in [5.41, 5.74) is -1.27. The number of carboxylic acids is 1. The number of carboxylic acid groups (broad SMARTS) is 1. The van der Waals surface area contributed by atoms with Crippen LogP contribution in [0, 0.1) is 6.92 Å². The summed E-state index contributed by atoms with van der Waals surface area (Å²) in [6.07, 6.45) is 0. The lowest BCUT2D eigenvalue weighted by Gasteiger charge is -2.08. The number of azo groups is 1. The van der Waals surface area contributed by atoms with Gasteiger partial charge in [-0.3, -0.25) is 9.11 Å². The molecule has 0 saturated heterocycles. The van der Waals surface area contributed by atoms with Gasteiger partial charge < -0.3 is 20.1 Å². The van der Waals surface area contributed by atoms with Crippen LogP contribution in [0.3, 0.4) is 0 Å². The molecule has 17 heteroatoms. The van der Waals surface area contributed by atoms with Gasteiger partial charge in [0.2, 0.25) is 11.6 Å². The Morgan fingerprint density at radius 2 is 1.67 bits per heavy atom. The molecule has 39 heavy (non-hydrogen) atoms. The maximum atomic E-state index is 11.8. The van der Waals surface area contributed by atoms with Gasteiger partial charge in [-0.15, -0.1) is 10.2 Å². The van der Waals surface area contributed by atoms with Crippen LogP contribution in [0.2, 0.25) is 0 Å². The van der Waals surface area contributed by atoms with Crippen LogP contribution in [0.15, 0.2) is 62.5 Å². The van der Waals surface area contributed by atoms with Crippen LogP contribution in [0.1, 0.15) is 16.1 Å². The first-order valence-electron chi connectivity index (χ1n) is 10.5. The van der Waals surface area contributed by atoms with Gasteiger partial charge in [0, 0.05) is 17.5 Å². The number of carbonyl (C=O) groups is 1. The minimum absolute atomic E-state index is 0.0294. The van der Waals surface area contributed by atoms with E-state index in [1.165, 1.54) is 38.3 Å². The molecule has 0 saturated carbocycles. The number of fused-ring (bicyclic) bond motifs is 1. The molecule has 0 amide bonds. The van der Waals surface area contributed by atoms with Gasteiger partial charge in [0.05, 0.1) is 17.7 Å². The molecule has 204 valence electrons. The number of aromatic hydroxyl groups is 2. The van der Waals surface area contributed by atoms with Crippen molar-refractivity contribution in [3.8, 4) is 23.1 Å². The van der Waals surface area contributed by atoms with E-state index in [9.17, 15) is 46.1 Å². The Balaban J connectivity index is 1.85. The molecule has 0 aliphatic carbocycles. The summed E-state index contributed by atoms with van der Waals surface area (Å²) in [7, 11) is -8.05. The topological polar surface area (TPSA) is 238 Å². The molecule has 0 aliphatic heterocycles. The maximum Gasteiger partial charge on any atom is 0.358 e. The standard InChI is InChI=1S/C22H18N4O11S2/c1-10-5-15(17(37-2)9-18(10)39(34,35)36)23-24-19-20(22(29)30)25-26(21(19)28)12-3-4-14-11(6-12)7-13(8-16(14)27)38(31,32)33/h3-9,27-28H,1-2H3,(H,29,30)(H,31,32,33)(H,34,35,36)/b24-23+. The Labute approximate surface area is 219 Å². The molecule has 1 aromatic heterocycles. The lowest BCUT2D eigenvalue weighted by Crippen LogP contribution is -2.02. The molecule has 4 aromatic rings. The van der Waals surface area contributed by atoms with Crippen molar-refractivity contribution in [2.24, 2.45) is 10.2 Å². The van der Waals surface area contributed by atoms with Crippen LogP contribution in [0.25, 0.3) is 16.5 Å². The third-order valence-electron chi connectivity index (χ3n) is 5.48. The summed E-state index contributed by atoms with van der Waals surface area (Å²) in [6.45, 7) is 1.37. The highest BCUT2D eigenvalue weighted by molar-refractivity contribution is 7.86. The Kier molecular flexibility index (Phi) is 6.77. The normalized spacial score (nSPS) is 12.3. The van der Waals surface area contributed by atoms with Crippen molar-refractivity contribution in [3.63, 3.8) is 0 Å². The Morgan fingerprint density at radius 1 is 0.974 bits per heavy atom. The number of hydrogen-bond acceptors (Lipinski definition) is 11. The highest BCUT2D eigenvalue weighted by Crippen LogP contribution is 2.38. The molecule has 1 heterocycles. The Bertz CT molecular complexity index is 1910. The van der Waals surface area contributed by atoms with Crippen molar-refractivity contribution in [1.82, 2.24) is 9.78 Å². The zero-order valence-corrected chi connectivity index (χ0v) is 21.5. The summed E-state index contributed by atoms with van der Waals surface area (Å²) in [5.74, 6) is -2.96. The van der Waals surface area contributed by atoms with E-state index < -0.39 is 59.0 Å². The number of phenols is 1. The van der Waals surface area contributed by atoms with E-state index in [-0.39, 0.29) is 33.5 Å². The molecule has 0 radical (unpaired) electrons. The summed E-state index contributed by atoms with van der Waals surface area (Å²) in [4.78, 5) is 10.8. The van der Waals surface area contributed by atoms with E-state index in [1.807, 2.05) is 0 Å². The van der Waals surface area contributed by atoms with Gasteiger partial charge in [-0.1, -0.05) is 0 Å².